The van der Waals surface area contributed by atoms with Gasteiger partial charge in [-0.05, 0) is 46.0 Å². The Labute approximate surface area is 164 Å². The Bertz CT molecular complexity index is 1310. The molecule has 2 aromatic heterocycles. The van der Waals surface area contributed by atoms with E-state index < -0.39 is 11.1 Å². The van der Waals surface area contributed by atoms with E-state index in [1.807, 2.05) is 0 Å². The van der Waals surface area contributed by atoms with Crippen LogP contribution in [0.25, 0.3) is 0 Å². The van der Waals surface area contributed by atoms with Gasteiger partial charge in [0, 0.05) is 24.9 Å². The summed E-state index contributed by atoms with van der Waals surface area (Å²) in [5.74, 6) is 0. The second-order valence-corrected chi connectivity index (χ2v) is 10.3. The molecule has 2 aliphatic heterocycles. The number of aromatic nitrogens is 6. The molecule has 2 spiro atoms. The summed E-state index contributed by atoms with van der Waals surface area (Å²) >= 11 is 0. The maximum atomic E-state index is 13.1. The molecule has 3 fully saturated rings. The van der Waals surface area contributed by atoms with Crippen molar-refractivity contribution in [2.75, 3.05) is 0 Å². The van der Waals surface area contributed by atoms with Gasteiger partial charge in [-0.2, -0.15) is 0 Å². The number of rotatable bonds is 0. The van der Waals surface area contributed by atoms with Crippen LogP contribution in [-0.2, 0) is 25.2 Å². The van der Waals surface area contributed by atoms with E-state index in [0.29, 0.717) is 12.8 Å². The summed E-state index contributed by atoms with van der Waals surface area (Å²) in [7, 11) is 3.09. The molecule has 29 heavy (non-hydrogen) atoms. The van der Waals surface area contributed by atoms with Crippen LogP contribution in [0.3, 0.4) is 0 Å². The number of hydrogen-bond acceptors (Lipinski definition) is 4. The van der Waals surface area contributed by atoms with Crippen LogP contribution in [0.2, 0.25) is 0 Å². The van der Waals surface area contributed by atoms with E-state index in [0.717, 1.165) is 19.3 Å². The molecular formula is C19H24N6O4. The maximum absolute atomic E-state index is 13.1. The molecular weight excluding hydrogens is 376 g/mol. The minimum Gasteiger partial charge on any atom is -0.246 e. The fraction of sp³-hybridized carbons (Fsp3) is 0.789. The van der Waals surface area contributed by atoms with Crippen LogP contribution in [0.4, 0.5) is 0 Å². The highest BCUT2D eigenvalue weighted by Crippen LogP contribution is 2.92. The smallest absolute Gasteiger partial charge is 0.246 e. The first-order chi connectivity index (χ1) is 13.6. The van der Waals surface area contributed by atoms with Crippen molar-refractivity contribution in [3.8, 4) is 0 Å². The van der Waals surface area contributed by atoms with Crippen molar-refractivity contribution in [1.29, 1.82) is 0 Å². The van der Waals surface area contributed by atoms with E-state index in [-0.39, 0.29) is 45.7 Å². The molecule has 0 bridgehead atoms. The molecule has 5 aliphatic rings. The normalized spacial score (nSPS) is 45.0. The van der Waals surface area contributed by atoms with Crippen LogP contribution in [0.5, 0.6) is 0 Å². The highest BCUT2D eigenvalue weighted by molar-refractivity contribution is 5.40. The third kappa shape index (κ3) is 1.11. The molecule has 154 valence electrons. The van der Waals surface area contributed by atoms with Crippen LogP contribution in [-0.4, -0.2) is 27.9 Å². The topological polar surface area (TPSA) is 97.9 Å². The van der Waals surface area contributed by atoms with E-state index in [2.05, 4.69) is 13.8 Å². The van der Waals surface area contributed by atoms with Gasteiger partial charge in [0.1, 0.15) is 0 Å². The van der Waals surface area contributed by atoms with Gasteiger partial charge in [-0.15, -0.1) is 0 Å². The van der Waals surface area contributed by atoms with E-state index >= 15 is 0 Å². The van der Waals surface area contributed by atoms with Crippen LogP contribution in [0.1, 0.15) is 58.0 Å². The Balaban J connectivity index is 1.59. The summed E-state index contributed by atoms with van der Waals surface area (Å²) in [6.07, 6.45) is 3.71. The van der Waals surface area contributed by atoms with E-state index in [1.165, 1.54) is 9.13 Å². The van der Waals surface area contributed by atoms with Crippen molar-refractivity contribution in [3.05, 3.63) is 41.9 Å². The van der Waals surface area contributed by atoms with Gasteiger partial charge in [0.2, 0.25) is 0 Å². The average molecular weight is 400 g/mol. The van der Waals surface area contributed by atoms with Gasteiger partial charge in [0.05, 0.1) is 23.2 Å². The quantitative estimate of drug-likeness (QED) is 0.579. The zero-order valence-electron chi connectivity index (χ0n) is 17.0. The highest BCUT2D eigenvalue weighted by atomic mass is 16.2. The first-order valence-electron chi connectivity index (χ1n) is 10.4. The summed E-state index contributed by atoms with van der Waals surface area (Å²) < 4.78 is 9.31. The summed E-state index contributed by atoms with van der Waals surface area (Å²) in [6, 6.07) is -0.122. The van der Waals surface area contributed by atoms with Gasteiger partial charge in [-0.3, -0.25) is 0 Å². The summed E-state index contributed by atoms with van der Waals surface area (Å²) in [4.78, 5) is 52.1. The first kappa shape index (κ1) is 16.3. The van der Waals surface area contributed by atoms with Crippen molar-refractivity contribution in [1.82, 2.24) is 27.9 Å². The van der Waals surface area contributed by atoms with Crippen molar-refractivity contribution in [2.24, 2.45) is 24.9 Å². The lowest BCUT2D eigenvalue weighted by atomic mass is 9.54. The van der Waals surface area contributed by atoms with E-state index in [4.69, 9.17) is 0 Å². The van der Waals surface area contributed by atoms with Crippen molar-refractivity contribution < 1.29 is 0 Å². The molecule has 10 heteroatoms. The summed E-state index contributed by atoms with van der Waals surface area (Å²) in [6.45, 7) is 4.24. The lowest BCUT2D eigenvalue weighted by Gasteiger charge is -2.51. The second-order valence-electron chi connectivity index (χ2n) is 10.3. The number of nitrogens with zero attached hydrogens (tertiary/aromatic N) is 6. The third-order valence-electron chi connectivity index (χ3n) is 9.96. The van der Waals surface area contributed by atoms with Gasteiger partial charge < -0.3 is 0 Å². The Morgan fingerprint density at radius 3 is 1.45 bits per heavy atom. The number of fused-ring (bicyclic) bond motifs is 6. The minimum absolute atomic E-state index is 0.0612. The Hall–Kier alpha value is -2.52. The van der Waals surface area contributed by atoms with Gasteiger partial charge in [0.25, 0.3) is 0 Å². The van der Waals surface area contributed by atoms with Crippen molar-refractivity contribution in [3.63, 3.8) is 0 Å². The molecule has 3 saturated carbocycles. The van der Waals surface area contributed by atoms with Crippen LogP contribution >= 0.6 is 0 Å². The molecule has 0 amide bonds. The largest absolute Gasteiger partial charge is 0.347 e. The molecule has 0 saturated heterocycles. The van der Waals surface area contributed by atoms with Gasteiger partial charge >= 0.3 is 22.8 Å². The van der Waals surface area contributed by atoms with Crippen LogP contribution in [0, 0.1) is 10.8 Å². The average Bonchev–Trinajstić information content (AvgIpc) is 3.17. The molecule has 0 unspecified atom stereocenters. The lowest BCUT2D eigenvalue weighted by Crippen LogP contribution is -2.56. The zero-order chi connectivity index (χ0) is 20.5. The molecule has 10 nitrogen and oxygen atoms in total. The Morgan fingerprint density at radius 1 is 0.690 bits per heavy atom. The van der Waals surface area contributed by atoms with Crippen LogP contribution in [0.15, 0.2) is 19.2 Å². The molecule has 4 heterocycles. The predicted octanol–water partition coefficient (Wildman–Crippen LogP) is -0.785. The zero-order valence-corrected chi connectivity index (χ0v) is 17.0. The van der Waals surface area contributed by atoms with E-state index in [9.17, 15) is 19.2 Å². The Morgan fingerprint density at radius 2 is 1.07 bits per heavy atom. The van der Waals surface area contributed by atoms with E-state index in [1.54, 1.807) is 32.8 Å². The number of hydrogen-bond donors (Lipinski definition) is 0. The molecule has 6 atom stereocenters. The monoisotopic (exact) mass is 400 g/mol. The summed E-state index contributed by atoms with van der Waals surface area (Å²) in [5, 5.41) is 0. The summed E-state index contributed by atoms with van der Waals surface area (Å²) in [5.41, 5.74) is -2.52. The SMILES string of the molecule is Cn1c(=O)n2n(c1=O)[C@@]1(C)CC[C@H]3n4c(=O)n(C)c(=O)n4[C@@]4(C)CC[C@@H]2[C@@]12C[C@@]324. The van der Waals surface area contributed by atoms with Crippen molar-refractivity contribution in [2.45, 2.75) is 69.1 Å². The van der Waals surface area contributed by atoms with Gasteiger partial charge in [-0.1, -0.05) is 0 Å². The maximum Gasteiger partial charge on any atom is 0.347 e. The molecule has 0 aromatic carbocycles. The predicted molar refractivity (Wildman–Crippen MR) is 101 cm³/mol. The molecule has 0 N–H and O–H groups in total. The lowest BCUT2D eigenvalue weighted by molar-refractivity contribution is -0.0291. The molecule has 0 radical (unpaired) electrons. The second kappa shape index (κ2) is 3.91. The molecule has 3 aliphatic carbocycles. The standard InChI is InChI=1S/C19H24N6O4/c1-16-7-5-11-19-9-18(16,19)10(22-12(26)20(3)14(28)24(16)22)6-8-17(19,2)25-15(29)21(4)13(27)23(11)25/h10-11H,5-9H2,1-4H3/t10-,11-,16+,17+,18+,19+/m1/s1. The first-order valence-corrected chi connectivity index (χ1v) is 10.4. The Kier molecular flexibility index (Phi) is 2.20. The van der Waals surface area contributed by atoms with Gasteiger partial charge in [-0.25, -0.2) is 47.0 Å². The third-order valence-corrected chi connectivity index (χ3v) is 9.96. The van der Waals surface area contributed by atoms with Crippen molar-refractivity contribution >= 4 is 0 Å². The molecule has 7 rings (SSSR count). The highest BCUT2D eigenvalue weighted by Gasteiger charge is 2.93. The van der Waals surface area contributed by atoms with Gasteiger partial charge in [0.15, 0.2) is 0 Å². The van der Waals surface area contributed by atoms with Crippen LogP contribution < -0.4 is 22.8 Å². The fourth-order valence-corrected chi connectivity index (χ4v) is 8.87. The fourth-order valence-electron chi connectivity index (χ4n) is 8.87. The minimum atomic E-state index is -0.480. The molecule has 2 aromatic rings.